The number of hydrogen-bond acceptors (Lipinski definition) is 6. The average molecular weight is 410 g/mol. The normalized spacial score (nSPS) is 14.9. The molecule has 4 rings (SSSR count). The Bertz CT molecular complexity index is 1070. The number of benzene rings is 1. The SMILES string of the molecule is O=C1CC[C@@H](C(=O)Nc2ccc(-c3ncc(C(=O)O)c(=O)[nH]3)cc2)N1.c1c[nH]cn1. The van der Waals surface area contributed by atoms with Gasteiger partial charge in [-0.15, -0.1) is 0 Å². The number of carbonyl (C=O) groups is 3. The molecule has 5 N–H and O–H groups in total. The third kappa shape index (κ3) is 5.16. The monoisotopic (exact) mass is 410 g/mol. The van der Waals surface area contributed by atoms with Crippen LogP contribution in [0.1, 0.15) is 23.2 Å². The summed E-state index contributed by atoms with van der Waals surface area (Å²) in [7, 11) is 0. The first-order valence-corrected chi connectivity index (χ1v) is 8.90. The fourth-order valence-corrected chi connectivity index (χ4v) is 2.66. The summed E-state index contributed by atoms with van der Waals surface area (Å²) in [4.78, 5) is 58.4. The van der Waals surface area contributed by atoms with E-state index in [1.807, 2.05) is 0 Å². The number of aromatic carboxylic acids is 1. The van der Waals surface area contributed by atoms with Crippen molar-refractivity contribution < 1.29 is 19.5 Å². The summed E-state index contributed by atoms with van der Waals surface area (Å²) < 4.78 is 0. The van der Waals surface area contributed by atoms with Crippen molar-refractivity contribution in [3.05, 3.63) is 65.1 Å². The molecule has 0 radical (unpaired) electrons. The number of hydrogen-bond donors (Lipinski definition) is 5. The van der Waals surface area contributed by atoms with Crippen LogP contribution < -0.4 is 16.2 Å². The fourth-order valence-electron chi connectivity index (χ4n) is 2.66. The van der Waals surface area contributed by atoms with E-state index in [0.717, 1.165) is 6.20 Å². The summed E-state index contributed by atoms with van der Waals surface area (Å²) in [6.45, 7) is 0. The molecular weight excluding hydrogens is 392 g/mol. The summed E-state index contributed by atoms with van der Waals surface area (Å²) in [6, 6.07) is 5.96. The highest BCUT2D eigenvalue weighted by Gasteiger charge is 2.27. The van der Waals surface area contributed by atoms with Crippen LogP contribution in [0.4, 0.5) is 5.69 Å². The minimum atomic E-state index is -1.35. The van der Waals surface area contributed by atoms with E-state index in [1.54, 1.807) is 43.0 Å². The van der Waals surface area contributed by atoms with E-state index < -0.39 is 23.1 Å². The summed E-state index contributed by atoms with van der Waals surface area (Å²) in [5.41, 5.74) is -0.0984. The van der Waals surface area contributed by atoms with Crippen molar-refractivity contribution in [2.45, 2.75) is 18.9 Å². The van der Waals surface area contributed by atoms with Crippen LogP contribution in [0, 0.1) is 0 Å². The van der Waals surface area contributed by atoms with Crippen LogP contribution in [0.2, 0.25) is 0 Å². The van der Waals surface area contributed by atoms with Gasteiger partial charge in [0.1, 0.15) is 17.4 Å². The van der Waals surface area contributed by atoms with Crippen molar-refractivity contribution in [3.8, 4) is 11.4 Å². The standard InChI is InChI=1S/C16H14N4O5.C3H4N2/c21-12-6-5-11(19-12)15(23)18-9-3-1-8(2-4-9)13-17-7-10(16(24)25)14(22)20-13;1-2-5-3-4-1/h1-4,7,11H,5-6H2,(H,18,23)(H,19,21)(H,24,25)(H,17,20,22);1-3H,(H,4,5)/t11-;/m0./s1. The summed E-state index contributed by atoms with van der Waals surface area (Å²) in [5, 5.41) is 14.1. The van der Waals surface area contributed by atoms with E-state index in [4.69, 9.17) is 5.11 Å². The first-order chi connectivity index (χ1) is 14.4. The molecule has 30 heavy (non-hydrogen) atoms. The first kappa shape index (κ1) is 20.5. The molecule has 1 aromatic carbocycles. The molecule has 11 nitrogen and oxygen atoms in total. The average Bonchev–Trinajstić information content (AvgIpc) is 3.43. The zero-order chi connectivity index (χ0) is 21.5. The Morgan fingerprint density at radius 2 is 1.93 bits per heavy atom. The largest absolute Gasteiger partial charge is 0.477 e. The topological polar surface area (TPSA) is 170 Å². The lowest BCUT2D eigenvalue weighted by Crippen LogP contribution is -2.37. The molecular formula is C19H18N6O5. The number of rotatable bonds is 4. The number of aromatic amines is 2. The molecule has 0 saturated carbocycles. The Kier molecular flexibility index (Phi) is 6.33. The van der Waals surface area contributed by atoms with Crippen LogP contribution in [0.25, 0.3) is 11.4 Å². The third-order valence-corrected chi connectivity index (χ3v) is 4.17. The molecule has 0 spiro atoms. The summed E-state index contributed by atoms with van der Waals surface area (Å²) in [6.07, 6.45) is 6.88. The van der Waals surface area contributed by atoms with Crippen molar-refractivity contribution in [3.63, 3.8) is 0 Å². The van der Waals surface area contributed by atoms with Crippen molar-refractivity contribution in [1.82, 2.24) is 25.3 Å². The van der Waals surface area contributed by atoms with Gasteiger partial charge in [0.25, 0.3) is 5.56 Å². The van der Waals surface area contributed by atoms with Crippen LogP contribution in [0.3, 0.4) is 0 Å². The lowest BCUT2D eigenvalue weighted by Gasteiger charge is -2.11. The number of carboxylic acids is 1. The van der Waals surface area contributed by atoms with Gasteiger partial charge in [-0.2, -0.15) is 0 Å². The van der Waals surface area contributed by atoms with Gasteiger partial charge in [-0.05, 0) is 30.7 Å². The van der Waals surface area contributed by atoms with Crippen LogP contribution in [-0.4, -0.2) is 48.9 Å². The highest BCUT2D eigenvalue weighted by atomic mass is 16.4. The molecule has 3 heterocycles. The molecule has 1 atom stereocenters. The van der Waals surface area contributed by atoms with Crippen molar-refractivity contribution in [1.29, 1.82) is 0 Å². The van der Waals surface area contributed by atoms with Crippen molar-refractivity contribution in [2.24, 2.45) is 0 Å². The zero-order valence-electron chi connectivity index (χ0n) is 15.6. The number of carboxylic acid groups (broad SMARTS) is 1. The maximum absolute atomic E-state index is 12.0. The van der Waals surface area contributed by atoms with Crippen LogP contribution in [0.5, 0.6) is 0 Å². The first-order valence-electron chi connectivity index (χ1n) is 8.90. The Hall–Kier alpha value is -4.28. The lowest BCUT2D eigenvalue weighted by atomic mass is 10.1. The minimum absolute atomic E-state index is 0.143. The Morgan fingerprint density at radius 3 is 2.43 bits per heavy atom. The van der Waals surface area contributed by atoms with Gasteiger partial charge >= 0.3 is 5.97 Å². The van der Waals surface area contributed by atoms with Gasteiger partial charge in [0.15, 0.2) is 0 Å². The molecule has 1 saturated heterocycles. The van der Waals surface area contributed by atoms with Gasteiger partial charge in [-0.25, -0.2) is 14.8 Å². The maximum Gasteiger partial charge on any atom is 0.342 e. The zero-order valence-corrected chi connectivity index (χ0v) is 15.6. The molecule has 3 aromatic rings. The number of nitrogens with zero attached hydrogens (tertiary/aromatic N) is 2. The number of imidazole rings is 1. The molecule has 0 bridgehead atoms. The van der Waals surface area contributed by atoms with E-state index in [2.05, 4.69) is 30.6 Å². The number of amides is 2. The Labute approximate surface area is 169 Å². The quantitative estimate of drug-likeness (QED) is 0.423. The Balaban J connectivity index is 0.000000448. The van der Waals surface area contributed by atoms with Crippen LogP contribution in [0.15, 0.2) is 54.0 Å². The van der Waals surface area contributed by atoms with E-state index >= 15 is 0 Å². The highest BCUT2D eigenvalue weighted by molar-refractivity contribution is 5.99. The van der Waals surface area contributed by atoms with E-state index in [9.17, 15) is 19.2 Å². The van der Waals surface area contributed by atoms with Gasteiger partial charge in [-0.1, -0.05) is 0 Å². The van der Waals surface area contributed by atoms with Crippen molar-refractivity contribution >= 4 is 23.5 Å². The molecule has 1 aliphatic rings. The molecule has 11 heteroatoms. The molecule has 1 fully saturated rings. The number of carbonyl (C=O) groups excluding carboxylic acids is 2. The second kappa shape index (κ2) is 9.28. The number of nitrogens with one attached hydrogen (secondary N) is 4. The van der Waals surface area contributed by atoms with Gasteiger partial charge < -0.3 is 25.7 Å². The van der Waals surface area contributed by atoms with Crippen LogP contribution >= 0.6 is 0 Å². The maximum atomic E-state index is 12.0. The third-order valence-electron chi connectivity index (χ3n) is 4.17. The van der Waals surface area contributed by atoms with Crippen LogP contribution in [-0.2, 0) is 9.59 Å². The molecule has 1 aliphatic heterocycles. The molecule has 0 unspecified atom stereocenters. The van der Waals surface area contributed by atoms with Gasteiger partial charge in [0.05, 0.1) is 6.33 Å². The summed E-state index contributed by atoms with van der Waals surface area (Å²) in [5.74, 6) is -1.57. The number of aromatic nitrogens is 4. The molecule has 154 valence electrons. The van der Waals surface area contributed by atoms with Gasteiger partial charge in [0.2, 0.25) is 11.8 Å². The van der Waals surface area contributed by atoms with Gasteiger partial charge in [0, 0.05) is 36.3 Å². The highest BCUT2D eigenvalue weighted by Crippen LogP contribution is 2.18. The summed E-state index contributed by atoms with van der Waals surface area (Å²) >= 11 is 0. The van der Waals surface area contributed by atoms with Crippen molar-refractivity contribution in [2.75, 3.05) is 5.32 Å². The van der Waals surface area contributed by atoms with Gasteiger partial charge in [-0.3, -0.25) is 14.4 Å². The smallest absolute Gasteiger partial charge is 0.342 e. The predicted octanol–water partition coefficient (Wildman–Crippen LogP) is 0.762. The molecule has 2 amide bonds. The molecule has 0 aliphatic carbocycles. The number of H-pyrrole nitrogens is 2. The lowest BCUT2D eigenvalue weighted by molar-refractivity contribution is -0.122. The van der Waals surface area contributed by atoms with E-state index in [0.29, 0.717) is 24.1 Å². The minimum Gasteiger partial charge on any atom is -0.477 e. The molecule has 2 aromatic heterocycles. The number of anilines is 1. The second-order valence-electron chi connectivity index (χ2n) is 6.27. The fraction of sp³-hybridized carbons (Fsp3) is 0.158. The predicted molar refractivity (Wildman–Crippen MR) is 106 cm³/mol. The van der Waals surface area contributed by atoms with E-state index in [-0.39, 0.29) is 17.6 Å². The second-order valence-corrected chi connectivity index (χ2v) is 6.27. The Morgan fingerprint density at radius 1 is 1.17 bits per heavy atom. The van der Waals surface area contributed by atoms with E-state index in [1.165, 1.54) is 0 Å².